The Kier molecular flexibility index (Phi) is 4.26. The van der Waals surface area contributed by atoms with Crippen LogP contribution < -0.4 is 5.32 Å². The number of nitrogens with zero attached hydrogens (tertiary/aromatic N) is 3. The van der Waals surface area contributed by atoms with E-state index in [2.05, 4.69) is 15.3 Å². The smallest absolute Gasteiger partial charge is 0.412 e. The molecular formula is C15H20N4O2. The molecule has 0 aromatic carbocycles. The van der Waals surface area contributed by atoms with Crippen LogP contribution in [0.1, 0.15) is 27.7 Å². The number of aromatic nitrogens is 3. The topological polar surface area (TPSA) is 69.0 Å². The molecule has 1 N–H and O–H groups in total. The monoisotopic (exact) mass is 288 g/mol. The van der Waals surface area contributed by atoms with Gasteiger partial charge in [-0.3, -0.25) is 10.3 Å². The van der Waals surface area contributed by atoms with Crippen molar-refractivity contribution in [2.75, 3.05) is 5.32 Å². The van der Waals surface area contributed by atoms with E-state index in [9.17, 15) is 4.79 Å². The van der Waals surface area contributed by atoms with Gasteiger partial charge in [0.2, 0.25) is 0 Å². The first kappa shape index (κ1) is 15.0. The number of hydrogen-bond acceptors (Lipinski definition) is 4. The molecule has 112 valence electrons. The maximum Gasteiger partial charge on any atom is 0.412 e. The maximum absolute atomic E-state index is 11.9. The summed E-state index contributed by atoms with van der Waals surface area (Å²) in [7, 11) is 0. The van der Waals surface area contributed by atoms with E-state index in [4.69, 9.17) is 4.74 Å². The van der Waals surface area contributed by atoms with Crippen molar-refractivity contribution in [3.05, 3.63) is 31.0 Å². The number of aryl methyl sites for hydroxylation is 1. The van der Waals surface area contributed by atoms with Crippen molar-refractivity contribution < 1.29 is 9.53 Å². The third kappa shape index (κ3) is 3.81. The molecular weight excluding hydrogens is 268 g/mol. The van der Waals surface area contributed by atoms with Crippen LogP contribution in [0.5, 0.6) is 0 Å². The fourth-order valence-electron chi connectivity index (χ4n) is 1.92. The minimum atomic E-state index is -0.539. The number of ether oxygens (including phenoxy) is 1. The standard InChI is InChI=1S/C15H20N4O2/c1-5-19-10-17-9-13(19)11-8-16-7-6-12(11)18-14(20)21-15(2,3)4/h6-10H,5H2,1-4H3,(H,16,18,20). The van der Waals surface area contributed by atoms with Gasteiger partial charge in [-0.2, -0.15) is 0 Å². The van der Waals surface area contributed by atoms with Gasteiger partial charge in [0.05, 0.1) is 23.9 Å². The minimum absolute atomic E-state index is 0.488. The normalized spacial score (nSPS) is 11.2. The molecule has 0 spiro atoms. The SMILES string of the molecule is CCn1cncc1-c1cnccc1NC(=O)OC(C)(C)C. The molecule has 2 heterocycles. The molecule has 0 unspecified atom stereocenters. The van der Waals surface area contributed by atoms with Crippen molar-refractivity contribution in [3.63, 3.8) is 0 Å². The molecule has 2 rings (SSSR count). The van der Waals surface area contributed by atoms with Crippen LogP contribution in [-0.4, -0.2) is 26.2 Å². The van der Waals surface area contributed by atoms with Crippen LogP contribution in [0.2, 0.25) is 0 Å². The van der Waals surface area contributed by atoms with Crippen LogP contribution in [-0.2, 0) is 11.3 Å². The Labute approximate surface area is 124 Å². The molecule has 0 aliphatic heterocycles. The van der Waals surface area contributed by atoms with Crippen molar-refractivity contribution in [2.45, 2.75) is 39.8 Å². The molecule has 0 aliphatic rings. The molecule has 6 heteroatoms. The highest BCUT2D eigenvalue weighted by atomic mass is 16.6. The van der Waals surface area contributed by atoms with Gasteiger partial charge in [-0.15, -0.1) is 0 Å². The predicted octanol–water partition coefficient (Wildman–Crippen LogP) is 3.31. The number of carbonyl (C=O) groups excluding carboxylic acids is 1. The predicted molar refractivity (Wildman–Crippen MR) is 81.0 cm³/mol. The van der Waals surface area contributed by atoms with Crippen molar-refractivity contribution in [2.24, 2.45) is 0 Å². The van der Waals surface area contributed by atoms with Crippen LogP contribution in [0.25, 0.3) is 11.3 Å². The molecule has 0 radical (unpaired) electrons. The Bertz CT molecular complexity index is 629. The third-order valence-electron chi connectivity index (χ3n) is 2.79. The van der Waals surface area contributed by atoms with Crippen molar-refractivity contribution >= 4 is 11.8 Å². The van der Waals surface area contributed by atoms with E-state index >= 15 is 0 Å². The molecule has 2 aromatic heterocycles. The average Bonchev–Trinajstić information content (AvgIpc) is 2.85. The Morgan fingerprint density at radius 2 is 2.10 bits per heavy atom. The van der Waals surface area contributed by atoms with Gasteiger partial charge in [0.25, 0.3) is 0 Å². The van der Waals surface area contributed by atoms with Gasteiger partial charge >= 0.3 is 6.09 Å². The van der Waals surface area contributed by atoms with Crippen LogP contribution in [0, 0.1) is 0 Å². The second-order valence-electron chi connectivity index (χ2n) is 5.61. The molecule has 1 amide bonds. The second kappa shape index (κ2) is 5.95. The number of carbonyl (C=O) groups is 1. The zero-order chi connectivity index (χ0) is 15.5. The zero-order valence-electron chi connectivity index (χ0n) is 12.8. The summed E-state index contributed by atoms with van der Waals surface area (Å²) >= 11 is 0. The Morgan fingerprint density at radius 3 is 2.76 bits per heavy atom. The number of anilines is 1. The number of nitrogens with one attached hydrogen (secondary N) is 1. The summed E-state index contributed by atoms with van der Waals surface area (Å²) in [6.07, 6.45) is 6.34. The molecule has 0 saturated carbocycles. The van der Waals surface area contributed by atoms with E-state index < -0.39 is 11.7 Å². The lowest BCUT2D eigenvalue weighted by atomic mass is 10.2. The Hall–Kier alpha value is -2.37. The molecule has 6 nitrogen and oxygen atoms in total. The summed E-state index contributed by atoms with van der Waals surface area (Å²) in [6.45, 7) is 8.29. The van der Waals surface area contributed by atoms with Crippen LogP contribution in [0.4, 0.5) is 10.5 Å². The number of imidazole rings is 1. The van der Waals surface area contributed by atoms with Crippen LogP contribution in [0.15, 0.2) is 31.0 Å². The zero-order valence-corrected chi connectivity index (χ0v) is 12.8. The number of pyridine rings is 1. The van der Waals surface area contributed by atoms with E-state index in [0.29, 0.717) is 5.69 Å². The van der Waals surface area contributed by atoms with E-state index in [0.717, 1.165) is 17.8 Å². The van der Waals surface area contributed by atoms with Gasteiger partial charge in [-0.1, -0.05) is 0 Å². The Balaban J connectivity index is 2.28. The highest BCUT2D eigenvalue weighted by molar-refractivity contribution is 5.90. The van der Waals surface area contributed by atoms with Gasteiger partial charge in [0.15, 0.2) is 0 Å². The highest BCUT2D eigenvalue weighted by Gasteiger charge is 2.18. The number of hydrogen-bond donors (Lipinski definition) is 1. The lowest BCUT2D eigenvalue weighted by Crippen LogP contribution is -2.27. The van der Waals surface area contributed by atoms with Gasteiger partial charge in [-0.05, 0) is 33.8 Å². The molecule has 0 fully saturated rings. The summed E-state index contributed by atoms with van der Waals surface area (Å²) in [5, 5.41) is 2.76. The third-order valence-corrected chi connectivity index (χ3v) is 2.79. The fraction of sp³-hybridized carbons (Fsp3) is 0.400. The maximum atomic E-state index is 11.9. The molecule has 21 heavy (non-hydrogen) atoms. The summed E-state index contributed by atoms with van der Waals surface area (Å²) in [5.74, 6) is 0. The lowest BCUT2D eigenvalue weighted by Gasteiger charge is -2.20. The minimum Gasteiger partial charge on any atom is -0.444 e. The van der Waals surface area contributed by atoms with Gasteiger partial charge in [0.1, 0.15) is 5.60 Å². The van der Waals surface area contributed by atoms with Crippen LogP contribution in [0.3, 0.4) is 0 Å². The van der Waals surface area contributed by atoms with Gasteiger partial charge in [0, 0.05) is 24.5 Å². The molecule has 0 saturated heterocycles. The largest absolute Gasteiger partial charge is 0.444 e. The Morgan fingerprint density at radius 1 is 1.33 bits per heavy atom. The number of rotatable bonds is 3. The van der Waals surface area contributed by atoms with Crippen LogP contribution >= 0.6 is 0 Å². The summed E-state index contributed by atoms with van der Waals surface area (Å²) < 4.78 is 7.26. The molecule has 0 aliphatic carbocycles. The van der Waals surface area contributed by atoms with Gasteiger partial charge < -0.3 is 9.30 Å². The quantitative estimate of drug-likeness (QED) is 0.940. The van der Waals surface area contributed by atoms with E-state index in [1.807, 2.05) is 32.3 Å². The first-order valence-corrected chi connectivity index (χ1v) is 6.85. The van der Waals surface area contributed by atoms with E-state index in [1.165, 1.54) is 0 Å². The average molecular weight is 288 g/mol. The first-order chi connectivity index (χ1) is 9.90. The fourth-order valence-corrected chi connectivity index (χ4v) is 1.92. The van der Waals surface area contributed by atoms with E-state index in [-0.39, 0.29) is 0 Å². The second-order valence-corrected chi connectivity index (χ2v) is 5.61. The van der Waals surface area contributed by atoms with Crippen molar-refractivity contribution in [3.8, 4) is 11.3 Å². The first-order valence-electron chi connectivity index (χ1n) is 6.85. The summed E-state index contributed by atoms with van der Waals surface area (Å²) in [4.78, 5) is 20.2. The highest BCUT2D eigenvalue weighted by Crippen LogP contribution is 2.27. The number of amides is 1. The summed E-state index contributed by atoms with van der Waals surface area (Å²) in [6, 6.07) is 1.74. The van der Waals surface area contributed by atoms with E-state index in [1.54, 1.807) is 31.0 Å². The lowest BCUT2D eigenvalue weighted by molar-refractivity contribution is 0.0636. The van der Waals surface area contributed by atoms with Crippen molar-refractivity contribution in [1.29, 1.82) is 0 Å². The van der Waals surface area contributed by atoms with Gasteiger partial charge in [-0.25, -0.2) is 9.78 Å². The molecule has 0 atom stereocenters. The molecule has 0 bridgehead atoms. The molecule has 2 aromatic rings. The summed E-state index contributed by atoms with van der Waals surface area (Å²) in [5.41, 5.74) is 1.82. The van der Waals surface area contributed by atoms with Crippen molar-refractivity contribution in [1.82, 2.24) is 14.5 Å².